The maximum atomic E-state index is 13.0. The standard InChI is InChI=1S/C18H18N2O2S/c1-12-6-5-9-16(13(12)2)20-17(22)14-7-3-4-8-15(14)19-18(20)23-11-10-21/h3-9,21H,10-11H2,1-2H3. The molecule has 5 heteroatoms. The summed E-state index contributed by atoms with van der Waals surface area (Å²) in [5.74, 6) is 0.496. The molecule has 1 N–H and O–H groups in total. The van der Waals surface area contributed by atoms with Crippen LogP contribution in [0.25, 0.3) is 16.6 Å². The lowest BCUT2D eigenvalue weighted by atomic mass is 10.1. The van der Waals surface area contributed by atoms with Crippen LogP contribution in [0.1, 0.15) is 11.1 Å². The monoisotopic (exact) mass is 326 g/mol. The van der Waals surface area contributed by atoms with E-state index in [1.165, 1.54) is 11.8 Å². The van der Waals surface area contributed by atoms with Crippen molar-refractivity contribution in [3.8, 4) is 5.69 Å². The number of aliphatic hydroxyl groups excluding tert-OH is 1. The molecule has 0 spiro atoms. The van der Waals surface area contributed by atoms with Crippen molar-refractivity contribution in [2.45, 2.75) is 19.0 Å². The fraction of sp³-hybridized carbons (Fsp3) is 0.222. The van der Waals surface area contributed by atoms with E-state index in [2.05, 4.69) is 4.98 Å². The molecule has 0 aliphatic heterocycles. The lowest BCUT2D eigenvalue weighted by Gasteiger charge is -2.16. The molecule has 23 heavy (non-hydrogen) atoms. The van der Waals surface area contributed by atoms with Crippen LogP contribution in [0.4, 0.5) is 0 Å². The Morgan fingerprint density at radius 3 is 2.70 bits per heavy atom. The van der Waals surface area contributed by atoms with Crippen molar-refractivity contribution >= 4 is 22.7 Å². The molecule has 0 aliphatic carbocycles. The minimum Gasteiger partial charge on any atom is -0.396 e. The third kappa shape index (κ3) is 2.90. The predicted octanol–water partition coefficient (Wildman–Crippen LogP) is 3.09. The number of aryl methyl sites for hydroxylation is 1. The van der Waals surface area contributed by atoms with Gasteiger partial charge in [0.1, 0.15) is 0 Å². The van der Waals surface area contributed by atoms with Crippen molar-refractivity contribution in [2.24, 2.45) is 0 Å². The number of benzene rings is 2. The Hall–Kier alpha value is -2.11. The number of nitrogens with zero attached hydrogens (tertiary/aromatic N) is 2. The number of para-hydroxylation sites is 1. The summed E-state index contributed by atoms with van der Waals surface area (Å²) < 4.78 is 1.66. The summed E-state index contributed by atoms with van der Waals surface area (Å²) in [4.78, 5) is 17.7. The zero-order valence-electron chi connectivity index (χ0n) is 13.1. The summed E-state index contributed by atoms with van der Waals surface area (Å²) in [7, 11) is 0. The zero-order chi connectivity index (χ0) is 16.4. The molecule has 0 fully saturated rings. The number of aromatic nitrogens is 2. The van der Waals surface area contributed by atoms with Crippen molar-refractivity contribution in [1.82, 2.24) is 9.55 Å². The van der Waals surface area contributed by atoms with Crippen molar-refractivity contribution in [1.29, 1.82) is 0 Å². The van der Waals surface area contributed by atoms with E-state index >= 15 is 0 Å². The fourth-order valence-corrected chi connectivity index (χ4v) is 3.28. The van der Waals surface area contributed by atoms with E-state index < -0.39 is 0 Å². The molecule has 1 aromatic heterocycles. The second kappa shape index (κ2) is 6.56. The van der Waals surface area contributed by atoms with Crippen LogP contribution in [0.5, 0.6) is 0 Å². The molecule has 0 saturated carbocycles. The Labute approximate surface area is 138 Å². The highest BCUT2D eigenvalue weighted by Crippen LogP contribution is 2.24. The van der Waals surface area contributed by atoms with Gasteiger partial charge in [0.15, 0.2) is 5.16 Å². The lowest BCUT2D eigenvalue weighted by molar-refractivity contribution is 0.322. The number of rotatable bonds is 4. The first-order valence-corrected chi connectivity index (χ1v) is 8.44. The van der Waals surface area contributed by atoms with Crippen LogP contribution < -0.4 is 5.56 Å². The molecular weight excluding hydrogens is 308 g/mol. The SMILES string of the molecule is Cc1cccc(-n2c(SCCO)nc3ccccc3c2=O)c1C. The van der Waals surface area contributed by atoms with Gasteiger partial charge in [0.25, 0.3) is 5.56 Å². The second-order valence-electron chi connectivity index (χ2n) is 5.34. The van der Waals surface area contributed by atoms with Gasteiger partial charge in [-0.25, -0.2) is 4.98 Å². The Morgan fingerprint density at radius 2 is 1.91 bits per heavy atom. The minimum atomic E-state index is -0.0789. The van der Waals surface area contributed by atoms with Gasteiger partial charge in [-0.05, 0) is 43.2 Å². The average molecular weight is 326 g/mol. The largest absolute Gasteiger partial charge is 0.396 e. The van der Waals surface area contributed by atoms with E-state index in [-0.39, 0.29) is 12.2 Å². The third-order valence-corrected chi connectivity index (χ3v) is 4.80. The Morgan fingerprint density at radius 1 is 1.13 bits per heavy atom. The molecule has 0 bridgehead atoms. The van der Waals surface area contributed by atoms with Crippen molar-refractivity contribution in [2.75, 3.05) is 12.4 Å². The molecule has 4 nitrogen and oxygen atoms in total. The Bertz CT molecular complexity index is 919. The normalized spacial score (nSPS) is 11.1. The van der Waals surface area contributed by atoms with Gasteiger partial charge in [0.05, 0.1) is 23.2 Å². The van der Waals surface area contributed by atoms with Gasteiger partial charge in [-0.15, -0.1) is 0 Å². The van der Waals surface area contributed by atoms with Crippen LogP contribution in [-0.2, 0) is 0 Å². The number of aliphatic hydroxyl groups is 1. The quantitative estimate of drug-likeness (QED) is 0.591. The van der Waals surface area contributed by atoms with Crippen LogP contribution in [0.15, 0.2) is 52.4 Å². The summed E-state index contributed by atoms with van der Waals surface area (Å²) in [6.45, 7) is 4.08. The molecule has 0 atom stereocenters. The first-order chi connectivity index (χ1) is 11.1. The number of hydrogen-bond acceptors (Lipinski definition) is 4. The van der Waals surface area contributed by atoms with Gasteiger partial charge in [0, 0.05) is 5.75 Å². The summed E-state index contributed by atoms with van der Waals surface area (Å²) in [6, 6.07) is 13.3. The van der Waals surface area contributed by atoms with E-state index in [1.807, 2.05) is 50.2 Å². The summed E-state index contributed by atoms with van der Waals surface area (Å²) in [6.07, 6.45) is 0. The number of fused-ring (bicyclic) bond motifs is 1. The second-order valence-corrected chi connectivity index (χ2v) is 6.41. The van der Waals surface area contributed by atoms with Gasteiger partial charge >= 0.3 is 0 Å². The maximum Gasteiger partial charge on any atom is 0.266 e. The van der Waals surface area contributed by atoms with E-state index in [0.717, 1.165) is 16.8 Å². The van der Waals surface area contributed by atoms with Crippen LogP contribution in [-0.4, -0.2) is 27.0 Å². The number of thioether (sulfide) groups is 1. The third-order valence-electron chi connectivity index (χ3n) is 3.88. The van der Waals surface area contributed by atoms with Gasteiger partial charge in [-0.3, -0.25) is 9.36 Å². The van der Waals surface area contributed by atoms with Crippen molar-refractivity contribution in [3.05, 3.63) is 63.9 Å². The predicted molar refractivity (Wildman–Crippen MR) is 94.6 cm³/mol. The van der Waals surface area contributed by atoms with E-state index in [4.69, 9.17) is 5.11 Å². The van der Waals surface area contributed by atoms with Crippen LogP contribution in [0, 0.1) is 13.8 Å². The molecule has 3 rings (SSSR count). The Balaban J connectivity index is 2.34. The molecule has 0 amide bonds. The van der Waals surface area contributed by atoms with E-state index in [1.54, 1.807) is 10.6 Å². The fourth-order valence-electron chi connectivity index (χ4n) is 2.54. The summed E-state index contributed by atoms with van der Waals surface area (Å²) in [5.41, 5.74) is 3.62. The average Bonchev–Trinajstić information content (AvgIpc) is 2.56. The van der Waals surface area contributed by atoms with Gasteiger partial charge in [0.2, 0.25) is 0 Å². The molecule has 118 valence electrons. The Kier molecular flexibility index (Phi) is 4.50. The van der Waals surface area contributed by atoms with Crippen molar-refractivity contribution in [3.63, 3.8) is 0 Å². The molecule has 1 heterocycles. The molecule has 0 radical (unpaired) electrons. The smallest absolute Gasteiger partial charge is 0.266 e. The molecule has 0 unspecified atom stereocenters. The molecule has 2 aromatic carbocycles. The van der Waals surface area contributed by atoms with E-state index in [0.29, 0.717) is 21.8 Å². The lowest BCUT2D eigenvalue weighted by Crippen LogP contribution is -2.23. The maximum absolute atomic E-state index is 13.0. The topological polar surface area (TPSA) is 55.1 Å². The van der Waals surface area contributed by atoms with Crippen molar-refractivity contribution < 1.29 is 5.11 Å². The summed E-state index contributed by atoms with van der Waals surface area (Å²) in [5, 5.41) is 10.3. The van der Waals surface area contributed by atoms with E-state index in [9.17, 15) is 4.79 Å². The number of hydrogen-bond donors (Lipinski definition) is 1. The minimum absolute atomic E-state index is 0.0418. The van der Waals surface area contributed by atoms with Crippen LogP contribution in [0.3, 0.4) is 0 Å². The highest BCUT2D eigenvalue weighted by molar-refractivity contribution is 7.99. The first-order valence-electron chi connectivity index (χ1n) is 7.45. The van der Waals surface area contributed by atoms with Gasteiger partial charge in [-0.2, -0.15) is 0 Å². The molecule has 0 saturated heterocycles. The van der Waals surface area contributed by atoms with Crippen LogP contribution >= 0.6 is 11.8 Å². The first kappa shape index (κ1) is 15.8. The highest BCUT2D eigenvalue weighted by Gasteiger charge is 2.15. The zero-order valence-corrected chi connectivity index (χ0v) is 13.9. The summed E-state index contributed by atoms with van der Waals surface area (Å²) >= 11 is 1.39. The van der Waals surface area contributed by atoms with Gasteiger partial charge < -0.3 is 5.11 Å². The molecular formula is C18H18N2O2S. The molecule has 3 aromatic rings. The molecule has 0 aliphatic rings. The van der Waals surface area contributed by atoms with Gasteiger partial charge in [-0.1, -0.05) is 36.0 Å². The van der Waals surface area contributed by atoms with Crippen LogP contribution in [0.2, 0.25) is 0 Å². The highest BCUT2D eigenvalue weighted by atomic mass is 32.2.